The van der Waals surface area contributed by atoms with E-state index in [1.807, 2.05) is 26.0 Å². The van der Waals surface area contributed by atoms with Crippen molar-refractivity contribution in [3.05, 3.63) is 29.3 Å². The number of hydrogen-bond acceptors (Lipinski definition) is 5. The highest BCUT2D eigenvalue weighted by Crippen LogP contribution is 2.28. The molecular formula is C19H28N2O5S. The zero-order valence-electron chi connectivity index (χ0n) is 16.6. The lowest BCUT2D eigenvalue weighted by Gasteiger charge is -2.36. The second kappa shape index (κ2) is 8.29. The van der Waals surface area contributed by atoms with Gasteiger partial charge in [0.25, 0.3) is 0 Å². The van der Waals surface area contributed by atoms with Gasteiger partial charge in [-0.15, -0.1) is 0 Å². The van der Waals surface area contributed by atoms with Crippen LogP contribution in [0.15, 0.2) is 18.2 Å². The van der Waals surface area contributed by atoms with Gasteiger partial charge in [-0.2, -0.15) is 0 Å². The fourth-order valence-corrected chi connectivity index (χ4v) is 4.72. The van der Waals surface area contributed by atoms with Gasteiger partial charge in [0, 0.05) is 13.1 Å². The molecule has 1 atom stereocenters. The van der Waals surface area contributed by atoms with E-state index in [0.717, 1.165) is 17.4 Å². The molecule has 0 N–H and O–H groups in total. The van der Waals surface area contributed by atoms with E-state index in [1.54, 1.807) is 17.9 Å². The van der Waals surface area contributed by atoms with Gasteiger partial charge in [-0.05, 0) is 50.8 Å². The van der Waals surface area contributed by atoms with Gasteiger partial charge in [0.1, 0.15) is 6.04 Å². The molecule has 1 fully saturated rings. The van der Waals surface area contributed by atoms with Crippen LogP contribution in [0.4, 0.5) is 5.69 Å². The van der Waals surface area contributed by atoms with Crippen LogP contribution in [-0.2, 0) is 24.3 Å². The zero-order valence-corrected chi connectivity index (χ0v) is 17.4. The second-order valence-corrected chi connectivity index (χ2v) is 9.01. The summed E-state index contributed by atoms with van der Waals surface area (Å²) >= 11 is 0. The fourth-order valence-electron chi connectivity index (χ4n) is 3.50. The number of benzene rings is 1. The minimum atomic E-state index is -3.66. The number of aryl methyl sites for hydroxylation is 2. The van der Waals surface area contributed by atoms with E-state index >= 15 is 0 Å². The SMILES string of the molecule is COC(=O)C1CCN(C(=O)C(C)N(c2cc(C)ccc2C)S(C)(=O)=O)CC1. The normalized spacial score (nSPS) is 16.7. The maximum absolute atomic E-state index is 13.0. The van der Waals surface area contributed by atoms with E-state index in [9.17, 15) is 18.0 Å². The summed E-state index contributed by atoms with van der Waals surface area (Å²) in [6.45, 7) is 6.14. The smallest absolute Gasteiger partial charge is 0.308 e. The number of nitrogens with zero attached hydrogens (tertiary/aromatic N) is 2. The van der Waals surface area contributed by atoms with Gasteiger partial charge in [-0.3, -0.25) is 13.9 Å². The molecule has 1 aliphatic rings. The number of piperidine rings is 1. The number of anilines is 1. The molecule has 150 valence electrons. The molecule has 1 amide bonds. The highest BCUT2D eigenvalue weighted by molar-refractivity contribution is 7.92. The van der Waals surface area contributed by atoms with Crippen molar-refractivity contribution >= 4 is 27.6 Å². The van der Waals surface area contributed by atoms with Crippen LogP contribution >= 0.6 is 0 Å². The quantitative estimate of drug-likeness (QED) is 0.710. The number of amides is 1. The Labute approximate surface area is 161 Å². The van der Waals surface area contributed by atoms with Gasteiger partial charge in [0.15, 0.2) is 0 Å². The standard InChI is InChI=1S/C19H28N2O5S/c1-13-6-7-14(2)17(12-13)21(27(5,24)25)15(3)18(22)20-10-8-16(9-11-20)19(23)26-4/h6-7,12,15-16H,8-11H2,1-5H3. The second-order valence-electron chi connectivity index (χ2n) is 7.15. The average Bonchev–Trinajstić information content (AvgIpc) is 2.62. The number of sulfonamides is 1. The van der Waals surface area contributed by atoms with Crippen molar-refractivity contribution in [1.82, 2.24) is 4.90 Å². The first kappa shape index (κ1) is 21.2. The van der Waals surface area contributed by atoms with E-state index in [-0.39, 0.29) is 17.8 Å². The number of esters is 1. The molecule has 0 aromatic heterocycles. The number of rotatable bonds is 5. The third-order valence-electron chi connectivity index (χ3n) is 5.01. The van der Waals surface area contributed by atoms with Crippen LogP contribution < -0.4 is 4.31 Å². The van der Waals surface area contributed by atoms with E-state index < -0.39 is 16.1 Å². The van der Waals surface area contributed by atoms with E-state index in [2.05, 4.69) is 0 Å². The summed E-state index contributed by atoms with van der Waals surface area (Å²) in [5.74, 6) is -0.729. The first-order chi connectivity index (χ1) is 12.6. The summed E-state index contributed by atoms with van der Waals surface area (Å²) in [6.07, 6.45) is 2.16. The molecule has 7 nitrogen and oxygen atoms in total. The number of hydrogen-bond donors (Lipinski definition) is 0. The fraction of sp³-hybridized carbons (Fsp3) is 0.579. The first-order valence-corrected chi connectivity index (χ1v) is 10.8. The Bertz CT molecular complexity index is 813. The summed E-state index contributed by atoms with van der Waals surface area (Å²) in [6, 6.07) is 4.67. The monoisotopic (exact) mass is 396 g/mol. The highest BCUT2D eigenvalue weighted by atomic mass is 32.2. The highest BCUT2D eigenvalue weighted by Gasteiger charge is 2.35. The number of likely N-dealkylation sites (tertiary alicyclic amines) is 1. The molecule has 0 spiro atoms. The molecule has 1 aromatic carbocycles. The van der Waals surface area contributed by atoms with Gasteiger partial charge < -0.3 is 9.64 Å². The molecule has 1 unspecified atom stereocenters. The molecule has 27 heavy (non-hydrogen) atoms. The topological polar surface area (TPSA) is 84.0 Å². The maximum Gasteiger partial charge on any atom is 0.308 e. The summed E-state index contributed by atoms with van der Waals surface area (Å²) in [5.41, 5.74) is 2.22. The van der Waals surface area contributed by atoms with Crippen LogP contribution in [0.1, 0.15) is 30.9 Å². The molecule has 8 heteroatoms. The Hall–Kier alpha value is -2.09. The Balaban J connectivity index is 2.24. The van der Waals surface area contributed by atoms with Crippen LogP contribution in [0.3, 0.4) is 0 Å². The number of ether oxygens (including phenoxy) is 1. The van der Waals surface area contributed by atoms with Crippen LogP contribution in [0.25, 0.3) is 0 Å². The summed E-state index contributed by atoms with van der Waals surface area (Å²) in [4.78, 5) is 26.3. The minimum Gasteiger partial charge on any atom is -0.469 e. The largest absolute Gasteiger partial charge is 0.469 e. The van der Waals surface area contributed by atoms with Gasteiger partial charge in [0.2, 0.25) is 15.9 Å². The van der Waals surface area contributed by atoms with Gasteiger partial charge in [-0.1, -0.05) is 12.1 Å². The Morgan fingerprint density at radius 2 is 1.81 bits per heavy atom. The number of carbonyl (C=O) groups excluding carboxylic acids is 2. The van der Waals surface area contributed by atoms with Crippen molar-refractivity contribution in [3.63, 3.8) is 0 Å². The van der Waals surface area contributed by atoms with E-state index in [0.29, 0.717) is 31.6 Å². The number of methoxy groups -OCH3 is 1. The summed E-state index contributed by atoms with van der Waals surface area (Å²) in [7, 11) is -2.30. The van der Waals surface area contributed by atoms with Crippen molar-refractivity contribution in [2.24, 2.45) is 5.92 Å². The molecule has 1 heterocycles. The van der Waals surface area contributed by atoms with Crippen LogP contribution in [0.5, 0.6) is 0 Å². The lowest BCUT2D eigenvalue weighted by atomic mass is 9.96. The van der Waals surface area contributed by atoms with E-state index in [4.69, 9.17) is 4.74 Å². The molecule has 0 aliphatic carbocycles. The lowest BCUT2D eigenvalue weighted by molar-refractivity contribution is -0.149. The van der Waals surface area contributed by atoms with Crippen molar-refractivity contribution in [2.75, 3.05) is 30.8 Å². The summed E-state index contributed by atoms with van der Waals surface area (Å²) in [5, 5.41) is 0. The third-order valence-corrected chi connectivity index (χ3v) is 6.24. The molecule has 1 aliphatic heterocycles. The van der Waals surface area contributed by atoms with Crippen LogP contribution in [0, 0.1) is 19.8 Å². The lowest BCUT2D eigenvalue weighted by Crippen LogP contribution is -2.52. The van der Waals surface area contributed by atoms with Crippen molar-refractivity contribution in [1.29, 1.82) is 0 Å². The molecule has 1 aromatic rings. The maximum atomic E-state index is 13.0. The number of carbonyl (C=O) groups is 2. The molecular weight excluding hydrogens is 368 g/mol. The summed E-state index contributed by atoms with van der Waals surface area (Å²) < 4.78 is 31.0. The molecule has 0 radical (unpaired) electrons. The van der Waals surface area contributed by atoms with Gasteiger partial charge in [-0.25, -0.2) is 8.42 Å². The predicted molar refractivity (Wildman–Crippen MR) is 104 cm³/mol. The third kappa shape index (κ3) is 4.80. The van der Waals surface area contributed by atoms with Gasteiger partial charge >= 0.3 is 5.97 Å². The van der Waals surface area contributed by atoms with Crippen molar-refractivity contribution in [2.45, 2.75) is 39.7 Å². The van der Waals surface area contributed by atoms with Crippen LogP contribution in [0.2, 0.25) is 0 Å². The first-order valence-electron chi connectivity index (χ1n) is 8.99. The Morgan fingerprint density at radius 1 is 1.22 bits per heavy atom. The average molecular weight is 397 g/mol. The molecule has 0 saturated carbocycles. The predicted octanol–water partition coefficient (Wildman–Crippen LogP) is 1.87. The molecule has 2 rings (SSSR count). The zero-order chi connectivity index (χ0) is 20.4. The van der Waals surface area contributed by atoms with Crippen molar-refractivity contribution < 1.29 is 22.7 Å². The minimum absolute atomic E-state index is 0.209. The van der Waals surface area contributed by atoms with E-state index in [1.165, 1.54) is 11.4 Å². The molecule has 1 saturated heterocycles. The van der Waals surface area contributed by atoms with Crippen molar-refractivity contribution in [3.8, 4) is 0 Å². The Morgan fingerprint density at radius 3 is 2.33 bits per heavy atom. The molecule has 0 bridgehead atoms. The Kier molecular flexibility index (Phi) is 6.51. The van der Waals surface area contributed by atoms with Crippen LogP contribution in [-0.4, -0.2) is 57.7 Å². The van der Waals surface area contributed by atoms with Gasteiger partial charge in [0.05, 0.1) is 25.0 Å².